The average molecular weight is 469 g/mol. The van der Waals surface area contributed by atoms with Gasteiger partial charge >= 0.3 is 5.97 Å². The molecule has 0 fully saturated rings. The third-order valence-corrected chi connectivity index (χ3v) is 4.80. The van der Waals surface area contributed by atoms with Gasteiger partial charge in [0.05, 0.1) is 18.4 Å². The predicted octanol–water partition coefficient (Wildman–Crippen LogP) is 1.06. The van der Waals surface area contributed by atoms with Crippen LogP contribution in [0.2, 0.25) is 0 Å². The van der Waals surface area contributed by atoms with E-state index in [-0.39, 0.29) is 17.5 Å². The molecule has 2 heterocycles. The van der Waals surface area contributed by atoms with Crippen LogP contribution < -0.4 is 21.7 Å². The number of likely N-dealkylation sites (N-methyl/N-ethyl adjacent to an activating group) is 1. The van der Waals surface area contributed by atoms with Crippen molar-refractivity contribution >= 4 is 46.7 Å². The number of carboxylic acids is 1. The number of benzene rings is 1. The smallest absolute Gasteiger partial charge is 0.320 e. The van der Waals surface area contributed by atoms with Crippen LogP contribution in [0.25, 0.3) is 11.2 Å². The molecule has 0 amide bonds. The first kappa shape index (κ1) is 26.1. The molecule has 12 nitrogen and oxygen atoms in total. The van der Waals surface area contributed by atoms with Gasteiger partial charge in [-0.1, -0.05) is 0 Å². The summed E-state index contributed by atoms with van der Waals surface area (Å²) in [6.07, 6.45) is 3.12. The molecule has 12 heteroatoms. The topological polar surface area (TPSA) is 190 Å². The highest BCUT2D eigenvalue weighted by Gasteiger charge is 2.14. The summed E-state index contributed by atoms with van der Waals surface area (Å²) in [5, 5.41) is 11.1. The minimum absolute atomic E-state index is 0.0199. The Hall–Kier alpha value is -4.19. The molecule has 3 rings (SSSR count). The molecule has 0 aliphatic rings. The number of aldehydes is 1. The highest BCUT2D eigenvalue weighted by molar-refractivity contribution is 5.81. The van der Waals surface area contributed by atoms with E-state index in [9.17, 15) is 14.4 Å². The van der Waals surface area contributed by atoms with Gasteiger partial charge in [-0.05, 0) is 44.7 Å². The van der Waals surface area contributed by atoms with Gasteiger partial charge in [-0.3, -0.25) is 9.59 Å². The van der Waals surface area contributed by atoms with Crippen LogP contribution in [0.1, 0.15) is 35.8 Å². The monoisotopic (exact) mass is 468 g/mol. The third-order valence-electron chi connectivity index (χ3n) is 4.80. The molecule has 1 unspecified atom stereocenters. The Kier molecular flexibility index (Phi) is 9.32. The molecule has 3 aromatic rings. The zero-order chi connectivity index (χ0) is 25.3. The fourth-order valence-electron chi connectivity index (χ4n) is 2.94. The van der Waals surface area contributed by atoms with Gasteiger partial charge in [-0.15, -0.1) is 0 Å². The number of anilines is 3. The maximum atomic E-state index is 10.7. The SMILES string of the molecule is CN(Cc1cnc2nc(N)nc(N)c2n1)c1ccc(C=O)cc1.CNC(CCC(C)=O)C(=O)O. The number of fused-ring (bicyclic) bond motifs is 1. The molecule has 34 heavy (non-hydrogen) atoms. The number of carbonyl (C=O) groups excluding carboxylic acids is 2. The molecular formula is C22H28N8O4. The van der Waals surface area contributed by atoms with E-state index in [0.29, 0.717) is 36.1 Å². The van der Waals surface area contributed by atoms with Crippen LogP contribution in [-0.2, 0) is 16.1 Å². The van der Waals surface area contributed by atoms with Crippen LogP contribution in [0.4, 0.5) is 17.5 Å². The number of nitrogen functional groups attached to an aromatic ring is 2. The Labute approximate surface area is 196 Å². The second kappa shape index (κ2) is 12.2. The molecule has 0 spiro atoms. The van der Waals surface area contributed by atoms with Gasteiger partial charge < -0.3 is 31.6 Å². The summed E-state index contributed by atoms with van der Waals surface area (Å²) in [5.41, 5.74) is 14.5. The van der Waals surface area contributed by atoms with Crippen LogP contribution in [-0.4, -0.2) is 63.2 Å². The quantitative estimate of drug-likeness (QED) is 0.327. The maximum absolute atomic E-state index is 10.7. The number of nitrogens with two attached hydrogens (primary N) is 2. The Bertz CT molecular complexity index is 1150. The Balaban J connectivity index is 0.000000316. The molecule has 180 valence electrons. The number of rotatable bonds is 9. The number of nitrogens with zero attached hydrogens (tertiary/aromatic N) is 5. The molecule has 0 bridgehead atoms. The van der Waals surface area contributed by atoms with Crippen molar-refractivity contribution in [3.63, 3.8) is 0 Å². The third kappa shape index (κ3) is 7.45. The van der Waals surface area contributed by atoms with Crippen LogP contribution in [0, 0.1) is 0 Å². The standard InChI is InChI=1S/C15H15N7O.C7H13NO3/c1-22(11-4-2-9(8-23)3-5-11)7-10-6-18-14-12(19-10)13(16)20-15(17)21-14;1-5(9)3-4-6(8-2)7(10)11/h2-6,8H,7H2,1H3,(H4,16,17,18,20,21);6,8H,3-4H2,1-2H3,(H,10,11). The predicted molar refractivity (Wildman–Crippen MR) is 128 cm³/mol. The lowest BCUT2D eigenvalue weighted by Crippen LogP contribution is -2.34. The van der Waals surface area contributed by atoms with Crippen molar-refractivity contribution in [1.29, 1.82) is 0 Å². The summed E-state index contributed by atoms with van der Waals surface area (Å²) in [6, 6.07) is 6.67. The fourth-order valence-corrected chi connectivity index (χ4v) is 2.94. The van der Waals surface area contributed by atoms with Gasteiger partial charge in [-0.2, -0.15) is 9.97 Å². The molecule has 6 N–H and O–H groups in total. The van der Waals surface area contributed by atoms with E-state index < -0.39 is 12.0 Å². The number of ketones is 1. The largest absolute Gasteiger partial charge is 0.480 e. The van der Waals surface area contributed by atoms with Crippen LogP contribution in [0.3, 0.4) is 0 Å². The molecular weight excluding hydrogens is 440 g/mol. The maximum Gasteiger partial charge on any atom is 0.320 e. The first-order valence-electron chi connectivity index (χ1n) is 10.3. The number of hydrogen-bond donors (Lipinski definition) is 4. The molecule has 1 atom stereocenters. The zero-order valence-electron chi connectivity index (χ0n) is 19.2. The van der Waals surface area contributed by atoms with Crippen LogP contribution in [0.5, 0.6) is 0 Å². The highest BCUT2D eigenvalue weighted by atomic mass is 16.4. The summed E-state index contributed by atoms with van der Waals surface area (Å²) < 4.78 is 0. The first-order chi connectivity index (χ1) is 16.1. The number of aromatic nitrogens is 4. The van der Waals surface area contributed by atoms with E-state index >= 15 is 0 Å². The van der Waals surface area contributed by atoms with Crippen molar-refractivity contribution < 1.29 is 19.5 Å². The molecule has 0 radical (unpaired) electrons. The number of hydrogen-bond acceptors (Lipinski definition) is 11. The van der Waals surface area contributed by atoms with Gasteiger partial charge in [0, 0.05) is 24.7 Å². The van der Waals surface area contributed by atoms with Crippen molar-refractivity contribution in [1.82, 2.24) is 25.3 Å². The molecule has 0 saturated heterocycles. The Morgan fingerprint density at radius 3 is 2.41 bits per heavy atom. The summed E-state index contributed by atoms with van der Waals surface area (Å²) >= 11 is 0. The molecule has 0 aliphatic carbocycles. The van der Waals surface area contributed by atoms with Gasteiger partial charge in [0.15, 0.2) is 17.0 Å². The fraction of sp³-hybridized carbons (Fsp3) is 0.318. The highest BCUT2D eigenvalue weighted by Crippen LogP contribution is 2.18. The van der Waals surface area contributed by atoms with Gasteiger partial charge in [0.2, 0.25) is 5.95 Å². The zero-order valence-corrected chi connectivity index (χ0v) is 19.2. The molecule has 1 aromatic carbocycles. The molecule has 0 aliphatic heterocycles. The second-order valence-electron chi connectivity index (χ2n) is 7.49. The lowest BCUT2D eigenvalue weighted by atomic mass is 10.1. The number of carboxylic acid groups (broad SMARTS) is 1. The van der Waals surface area contributed by atoms with Crippen molar-refractivity contribution in [3.05, 3.63) is 41.7 Å². The van der Waals surface area contributed by atoms with E-state index in [4.69, 9.17) is 16.6 Å². The summed E-state index contributed by atoms with van der Waals surface area (Å²) in [4.78, 5) is 50.1. The van der Waals surface area contributed by atoms with Crippen LogP contribution in [0.15, 0.2) is 30.5 Å². The minimum atomic E-state index is -0.909. The summed E-state index contributed by atoms with van der Waals surface area (Å²) in [7, 11) is 3.49. The normalized spacial score (nSPS) is 11.3. The van der Waals surface area contributed by atoms with Gasteiger partial charge in [-0.25, -0.2) is 9.97 Å². The second-order valence-corrected chi connectivity index (χ2v) is 7.49. The van der Waals surface area contributed by atoms with E-state index in [1.807, 2.05) is 24.1 Å². The number of aliphatic carboxylic acids is 1. The lowest BCUT2D eigenvalue weighted by molar-refractivity contribution is -0.139. The Morgan fingerprint density at radius 2 is 1.85 bits per heavy atom. The van der Waals surface area contributed by atoms with E-state index in [0.717, 1.165) is 17.7 Å². The lowest BCUT2D eigenvalue weighted by Gasteiger charge is -2.19. The number of nitrogens with one attached hydrogen (secondary N) is 1. The van der Waals surface area contributed by atoms with Crippen molar-refractivity contribution in [3.8, 4) is 0 Å². The number of Topliss-reactive ketones (excluding diaryl/α,β-unsaturated/α-hetero) is 1. The van der Waals surface area contributed by atoms with Crippen molar-refractivity contribution in [2.24, 2.45) is 0 Å². The van der Waals surface area contributed by atoms with E-state index in [1.165, 1.54) is 6.92 Å². The minimum Gasteiger partial charge on any atom is -0.480 e. The van der Waals surface area contributed by atoms with E-state index in [2.05, 4.69) is 25.3 Å². The van der Waals surface area contributed by atoms with Gasteiger partial charge in [0.25, 0.3) is 0 Å². The summed E-state index contributed by atoms with van der Waals surface area (Å²) in [6.45, 7) is 1.97. The Morgan fingerprint density at radius 1 is 1.18 bits per heavy atom. The van der Waals surface area contributed by atoms with Crippen molar-refractivity contribution in [2.45, 2.75) is 32.4 Å². The van der Waals surface area contributed by atoms with E-state index in [1.54, 1.807) is 25.4 Å². The molecule has 0 saturated carbocycles. The van der Waals surface area contributed by atoms with Gasteiger partial charge in [0.1, 0.15) is 18.1 Å². The first-order valence-corrected chi connectivity index (χ1v) is 10.3. The van der Waals surface area contributed by atoms with Crippen LogP contribution >= 0.6 is 0 Å². The number of carbonyl (C=O) groups is 3. The average Bonchev–Trinajstić information content (AvgIpc) is 2.80. The molecule has 2 aromatic heterocycles. The summed E-state index contributed by atoms with van der Waals surface area (Å²) in [5.74, 6) is -0.607. The van der Waals surface area contributed by atoms with Crippen molar-refractivity contribution in [2.75, 3.05) is 30.5 Å².